The Bertz CT molecular complexity index is 436. The number of benzene rings is 1. The number of hydrogen-bond acceptors (Lipinski definition) is 2. The van der Waals surface area contributed by atoms with Crippen LogP contribution >= 0.6 is 15.9 Å². The summed E-state index contributed by atoms with van der Waals surface area (Å²) < 4.78 is 0.843. The van der Waals surface area contributed by atoms with Crippen molar-refractivity contribution in [3.8, 4) is 0 Å². The van der Waals surface area contributed by atoms with Gasteiger partial charge in [-0.15, -0.1) is 0 Å². The van der Waals surface area contributed by atoms with Gasteiger partial charge in [0.25, 0.3) is 5.91 Å². The van der Waals surface area contributed by atoms with Crippen molar-refractivity contribution >= 4 is 21.8 Å². The van der Waals surface area contributed by atoms with Gasteiger partial charge in [0.1, 0.15) is 0 Å². The quantitative estimate of drug-likeness (QED) is 0.901. The Balaban J connectivity index is 2.69. The van der Waals surface area contributed by atoms with Crippen LogP contribution in [0.3, 0.4) is 0 Å². The summed E-state index contributed by atoms with van der Waals surface area (Å²) in [5.41, 5.74) is 1.82. The molecule has 0 fully saturated rings. The van der Waals surface area contributed by atoms with E-state index < -0.39 is 0 Å². The molecule has 0 saturated carbocycles. The fourth-order valence-corrected chi connectivity index (χ4v) is 2.78. The number of amides is 1. The van der Waals surface area contributed by atoms with Crippen LogP contribution in [0.25, 0.3) is 0 Å². The first-order valence-corrected chi connectivity index (χ1v) is 7.33. The van der Waals surface area contributed by atoms with Crippen LogP contribution in [0.2, 0.25) is 0 Å². The molecular weight excluding hydrogens is 304 g/mol. The minimum atomic E-state index is -0.0284. The van der Waals surface area contributed by atoms with Gasteiger partial charge in [-0.2, -0.15) is 0 Å². The Morgan fingerprint density at radius 1 is 1.37 bits per heavy atom. The lowest BCUT2D eigenvalue weighted by Crippen LogP contribution is -2.43. The zero-order valence-electron chi connectivity index (χ0n) is 12.3. The Labute approximate surface area is 124 Å². The van der Waals surface area contributed by atoms with E-state index in [0.717, 1.165) is 10.0 Å². The number of nitrogens with one attached hydrogen (secondary N) is 1. The van der Waals surface area contributed by atoms with Crippen LogP contribution in [0.4, 0.5) is 0 Å². The molecule has 0 spiro atoms. The summed E-state index contributed by atoms with van der Waals surface area (Å²) in [6.45, 7) is 6.99. The topological polar surface area (TPSA) is 32.3 Å². The number of rotatable bonds is 5. The Hall–Kier alpha value is -0.870. The summed E-state index contributed by atoms with van der Waals surface area (Å²) in [7, 11) is 4.08. The summed E-state index contributed by atoms with van der Waals surface area (Å²) in [5, 5.41) is 3.01. The Morgan fingerprint density at radius 3 is 2.47 bits per heavy atom. The minimum absolute atomic E-state index is 0.0284. The number of nitrogens with zero attached hydrogens (tertiary/aromatic N) is 1. The van der Waals surface area contributed by atoms with Gasteiger partial charge in [0.05, 0.1) is 5.56 Å². The van der Waals surface area contributed by atoms with Crippen LogP contribution in [-0.4, -0.2) is 37.5 Å². The van der Waals surface area contributed by atoms with Gasteiger partial charge in [0.2, 0.25) is 0 Å². The molecule has 0 aliphatic heterocycles. The molecule has 1 atom stereocenters. The van der Waals surface area contributed by atoms with Gasteiger partial charge in [0, 0.05) is 17.1 Å². The molecule has 4 heteroatoms. The molecule has 0 aromatic heterocycles. The van der Waals surface area contributed by atoms with E-state index in [0.29, 0.717) is 24.1 Å². The van der Waals surface area contributed by atoms with Gasteiger partial charge >= 0.3 is 0 Å². The van der Waals surface area contributed by atoms with Gasteiger partial charge in [-0.05, 0) is 60.6 Å². The zero-order valence-corrected chi connectivity index (χ0v) is 13.9. The number of carbonyl (C=O) groups is 1. The molecule has 1 aromatic rings. The molecule has 0 bridgehead atoms. The molecule has 106 valence electrons. The lowest BCUT2D eigenvalue weighted by atomic mass is 10.0. The monoisotopic (exact) mass is 326 g/mol. The molecule has 1 rings (SSSR count). The van der Waals surface area contributed by atoms with Gasteiger partial charge in [-0.1, -0.05) is 19.9 Å². The lowest BCUT2D eigenvalue weighted by molar-refractivity contribution is 0.0934. The lowest BCUT2D eigenvalue weighted by Gasteiger charge is -2.28. The highest BCUT2D eigenvalue weighted by molar-refractivity contribution is 9.10. The Kier molecular flexibility index (Phi) is 6.01. The molecule has 1 amide bonds. The Morgan fingerprint density at radius 2 is 2.00 bits per heavy atom. The van der Waals surface area contributed by atoms with E-state index in [1.165, 1.54) is 0 Å². The van der Waals surface area contributed by atoms with E-state index in [1.807, 2.05) is 39.2 Å². The van der Waals surface area contributed by atoms with Crippen molar-refractivity contribution in [1.29, 1.82) is 0 Å². The largest absolute Gasteiger partial charge is 0.350 e. The van der Waals surface area contributed by atoms with E-state index >= 15 is 0 Å². The highest BCUT2D eigenvalue weighted by Crippen LogP contribution is 2.18. The molecular formula is C15H23BrN2O. The van der Waals surface area contributed by atoms with Gasteiger partial charge < -0.3 is 10.2 Å². The van der Waals surface area contributed by atoms with Gasteiger partial charge in [-0.25, -0.2) is 0 Å². The fourth-order valence-electron chi connectivity index (χ4n) is 2.11. The molecule has 0 aliphatic rings. The summed E-state index contributed by atoms with van der Waals surface area (Å²) in [6, 6.07) is 6.11. The summed E-state index contributed by atoms with van der Waals surface area (Å²) in [5.74, 6) is 0.469. The minimum Gasteiger partial charge on any atom is -0.350 e. The second-order valence-electron chi connectivity index (χ2n) is 5.47. The highest BCUT2D eigenvalue weighted by Gasteiger charge is 2.17. The van der Waals surface area contributed by atoms with E-state index in [-0.39, 0.29) is 5.91 Å². The molecule has 1 aromatic carbocycles. The van der Waals surface area contributed by atoms with Crippen LogP contribution in [0.15, 0.2) is 22.7 Å². The third-order valence-corrected chi connectivity index (χ3v) is 3.93. The van der Waals surface area contributed by atoms with Crippen molar-refractivity contribution in [3.63, 3.8) is 0 Å². The first kappa shape index (κ1) is 16.2. The number of likely N-dealkylation sites (N-methyl/N-ethyl adjacent to an activating group) is 1. The second-order valence-corrected chi connectivity index (χ2v) is 6.32. The van der Waals surface area contributed by atoms with E-state index in [4.69, 9.17) is 0 Å². The molecule has 1 N–H and O–H groups in total. The van der Waals surface area contributed by atoms with Crippen molar-refractivity contribution in [3.05, 3.63) is 33.8 Å². The van der Waals surface area contributed by atoms with E-state index in [1.54, 1.807) is 0 Å². The average Bonchev–Trinajstić information content (AvgIpc) is 2.27. The van der Waals surface area contributed by atoms with Gasteiger partial charge in [-0.3, -0.25) is 4.79 Å². The summed E-state index contributed by atoms with van der Waals surface area (Å²) in [6.07, 6.45) is 0. The SMILES string of the molecule is Cc1ccc(C(=O)NCC(C(C)C)N(C)C)c(Br)c1. The molecule has 19 heavy (non-hydrogen) atoms. The molecule has 1 unspecified atom stereocenters. The van der Waals surface area contributed by atoms with Crippen molar-refractivity contribution in [2.45, 2.75) is 26.8 Å². The van der Waals surface area contributed by atoms with Crippen molar-refractivity contribution in [2.24, 2.45) is 5.92 Å². The molecule has 0 heterocycles. The van der Waals surface area contributed by atoms with Crippen LogP contribution in [0.5, 0.6) is 0 Å². The fraction of sp³-hybridized carbons (Fsp3) is 0.533. The zero-order chi connectivity index (χ0) is 14.6. The van der Waals surface area contributed by atoms with Crippen LogP contribution in [0.1, 0.15) is 29.8 Å². The third-order valence-electron chi connectivity index (χ3n) is 3.27. The summed E-state index contributed by atoms with van der Waals surface area (Å²) >= 11 is 3.44. The normalized spacial score (nSPS) is 12.8. The highest BCUT2D eigenvalue weighted by atomic mass is 79.9. The number of carbonyl (C=O) groups excluding carboxylic acids is 1. The summed E-state index contributed by atoms with van der Waals surface area (Å²) in [4.78, 5) is 14.3. The maximum Gasteiger partial charge on any atom is 0.252 e. The molecule has 3 nitrogen and oxygen atoms in total. The first-order chi connectivity index (χ1) is 8.82. The van der Waals surface area contributed by atoms with Crippen LogP contribution < -0.4 is 5.32 Å². The van der Waals surface area contributed by atoms with E-state index in [9.17, 15) is 4.79 Å². The number of aryl methyl sites for hydroxylation is 1. The third kappa shape index (κ3) is 4.62. The first-order valence-electron chi connectivity index (χ1n) is 6.53. The standard InChI is InChI=1S/C15H23BrN2O/c1-10(2)14(18(4)5)9-17-15(19)12-7-6-11(3)8-13(12)16/h6-8,10,14H,9H2,1-5H3,(H,17,19). The predicted molar refractivity (Wildman–Crippen MR) is 83.5 cm³/mol. The van der Waals surface area contributed by atoms with Crippen molar-refractivity contribution < 1.29 is 4.79 Å². The van der Waals surface area contributed by atoms with Crippen LogP contribution in [0, 0.1) is 12.8 Å². The van der Waals surface area contributed by atoms with Crippen LogP contribution in [-0.2, 0) is 0 Å². The van der Waals surface area contributed by atoms with E-state index in [2.05, 4.69) is 40.0 Å². The second kappa shape index (κ2) is 7.06. The molecule has 0 aliphatic carbocycles. The van der Waals surface area contributed by atoms with Crippen molar-refractivity contribution in [1.82, 2.24) is 10.2 Å². The molecule has 0 radical (unpaired) electrons. The van der Waals surface area contributed by atoms with Gasteiger partial charge in [0.15, 0.2) is 0 Å². The maximum atomic E-state index is 12.2. The smallest absolute Gasteiger partial charge is 0.252 e. The number of halogens is 1. The van der Waals surface area contributed by atoms with Crippen molar-refractivity contribution in [2.75, 3.05) is 20.6 Å². The predicted octanol–water partition coefficient (Wildman–Crippen LogP) is 3.07. The molecule has 0 saturated heterocycles. The maximum absolute atomic E-state index is 12.2. The number of hydrogen-bond donors (Lipinski definition) is 1. The average molecular weight is 327 g/mol.